The van der Waals surface area contributed by atoms with Crippen LogP contribution in [-0.2, 0) is 10.8 Å². The molecule has 0 N–H and O–H groups in total. The smallest absolute Gasteiger partial charge is 0.236 e. The number of aryl methyl sites for hydroxylation is 1. The molecule has 0 bridgehead atoms. The summed E-state index contributed by atoms with van der Waals surface area (Å²) in [4.78, 5) is 4.13. The van der Waals surface area contributed by atoms with Crippen molar-refractivity contribution in [1.29, 1.82) is 0 Å². The molecule has 0 atom stereocenters. The van der Waals surface area contributed by atoms with Crippen molar-refractivity contribution in [1.82, 2.24) is 10.1 Å². The monoisotopic (exact) mass is 252 g/mol. The number of rotatable bonds is 3. The van der Waals surface area contributed by atoms with Gasteiger partial charge in [0, 0.05) is 6.42 Å². The molecule has 0 radical (unpaired) electrons. The van der Waals surface area contributed by atoms with Gasteiger partial charge >= 0.3 is 0 Å². The normalized spacial score (nSPS) is 10.2. The van der Waals surface area contributed by atoms with Crippen molar-refractivity contribution < 1.29 is 4.52 Å². The largest absolute Gasteiger partial charge is 0.339 e. The Morgan fingerprint density at radius 1 is 1.60 bits per heavy atom. The van der Waals surface area contributed by atoms with Crippen LogP contribution in [0.15, 0.2) is 4.52 Å². The van der Waals surface area contributed by atoms with E-state index in [-0.39, 0.29) is 0 Å². The summed E-state index contributed by atoms with van der Waals surface area (Å²) < 4.78 is 5.70. The van der Waals surface area contributed by atoms with Gasteiger partial charge in [-0.1, -0.05) is 34.7 Å². The van der Waals surface area contributed by atoms with Gasteiger partial charge < -0.3 is 4.52 Å². The summed E-state index contributed by atoms with van der Waals surface area (Å²) >= 11 is 2.20. The molecule has 0 saturated heterocycles. The van der Waals surface area contributed by atoms with Crippen LogP contribution in [0.3, 0.4) is 0 Å². The summed E-state index contributed by atoms with van der Waals surface area (Å²) in [5.41, 5.74) is 0. The highest BCUT2D eigenvalue weighted by molar-refractivity contribution is 14.1. The highest BCUT2D eigenvalue weighted by atomic mass is 127. The SMILES string of the molecule is CCCc1noc(CI)n1. The minimum Gasteiger partial charge on any atom is -0.339 e. The van der Waals surface area contributed by atoms with E-state index in [4.69, 9.17) is 4.52 Å². The molecule has 1 aromatic rings. The minimum absolute atomic E-state index is 0.726. The Bertz CT molecular complexity index is 199. The molecule has 3 nitrogen and oxygen atoms in total. The summed E-state index contributed by atoms with van der Waals surface area (Å²) in [6, 6.07) is 0. The fraction of sp³-hybridized carbons (Fsp3) is 0.667. The fourth-order valence-electron chi connectivity index (χ4n) is 0.670. The van der Waals surface area contributed by atoms with E-state index in [0.717, 1.165) is 29.0 Å². The number of aromatic nitrogens is 2. The number of halogens is 1. The van der Waals surface area contributed by atoms with Crippen LogP contribution in [-0.4, -0.2) is 10.1 Å². The fourth-order valence-corrected chi connectivity index (χ4v) is 0.979. The van der Waals surface area contributed by atoms with E-state index in [2.05, 4.69) is 39.7 Å². The lowest BCUT2D eigenvalue weighted by molar-refractivity contribution is 0.386. The number of nitrogens with zero attached hydrogens (tertiary/aromatic N) is 2. The Morgan fingerprint density at radius 3 is 2.90 bits per heavy atom. The van der Waals surface area contributed by atoms with E-state index in [1.165, 1.54) is 0 Å². The average molecular weight is 252 g/mol. The predicted octanol–water partition coefficient (Wildman–Crippen LogP) is 1.96. The van der Waals surface area contributed by atoms with Gasteiger partial charge in [-0.25, -0.2) is 0 Å². The lowest BCUT2D eigenvalue weighted by atomic mass is 10.3. The Morgan fingerprint density at radius 2 is 2.40 bits per heavy atom. The van der Waals surface area contributed by atoms with Crippen LogP contribution in [0.2, 0.25) is 0 Å². The Labute approximate surface area is 73.3 Å². The van der Waals surface area contributed by atoms with Gasteiger partial charge in [0.05, 0.1) is 4.43 Å². The summed E-state index contributed by atoms with van der Waals surface area (Å²) in [6.45, 7) is 2.10. The Kier molecular flexibility index (Phi) is 3.11. The van der Waals surface area contributed by atoms with Crippen molar-refractivity contribution in [2.24, 2.45) is 0 Å². The molecule has 0 unspecified atom stereocenters. The van der Waals surface area contributed by atoms with E-state index in [9.17, 15) is 0 Å². The molecule has 0 fully saturated rings. The van der Waals surface area contributed by atoms with Gasteiger partial charge in [0.2, 0.25) is 5.89 Å². The molecule has 0 amide bonds. The lowest BCUT2D eigenvalue weighted by Crippen LogP contribution is -1.85. The van der Waals surface area contributed by atoms with Gasteiger partial charge in [0.1, 0.15) is 0 Å². The van der Waals surface area contributed by atoms with Crippen LogP contribution in [0.5, 0.6) is 0 Å². The van der Waals surface area contributed by atoms with Crippen molar-refractivity contribution in [2.45, 2.75) is 24.2 Å². The van der Waals surface area contributed by atoms with Crippen LogP contribution in [0.4, 0.5) is 0 Å². The quantitative estimate of drug-likeness (QED) is 0.609. The van der Waals surface area contributed by atoms with E-state index in [0.29, 0.717) is 0 Å². The molecule has 0 aromatic carbocycles. The van der Waals surface area contributed by atoms with Crippen LogP contribution in [0.25, 0.3) is 0 Å². The second-order valence-electron chi connectivity index (χ2n) is 1.99. The maximum atomic E-state index is 4.90. The zero-order valence-corrected chi connectivity index (χ0v) is 7.96. The second kappa shape index (κ2) is 3.90. The number of hydrogen-bond acceptors (Lipinski definition) is 3. The van der Waals surface area contributed by atoms with Gasteiger partial charge in [-0.15, -0.1) is 0 Å². The zero-order valence-electron chi connectivity index (χ0n) is 5.80. The number of alkyl halides is 1. The third kappa shape index (κ3) is 1.93. The topological polar surface area (TPSA) is 38.9 Å². The van der Waals surface area contributed by atoms with Crippen LogP contribution in [0.1, 0.15) is 25.1 Å². The van der Waals surface area contributed by atoms with Crippen LogP contribution < -0.4 is 0 Å². The first-order chi connectivity index (χ1) is 4.86. The van der Waals surface area contributed by atoms with Crippen molar-refractivity contribution in [3.05, 3.63) is 11.7 Å². The second-order valence-corrected chi connectivity index (χ2v) is 2.75. The molecule has 0 spiro atoms. The van der Waals surface area contributed by atoms with E-state index in [1.54, 1.807) is 0 Å². The Hall–Kier alpha value is -0.130. The third-order valence-corrected chi connectivity index (χ3v) is 1.75. The summed E-state index contributed by atoms with van der Waals surface area (Å²) in [6.07, 6.45) is 1.99. The van der Waals surface area contributed by atoms with Crippen molar-refractivity contribution in [3.8, 4) is 0 Å². The predicted molar refractivity (Wildman–Crippen MR) is 46.0 cm³/mol. The van der Waals surface area contributed by atoms with Gasteiger partial charge in [0.25, 0.3) is 0 Å². The highest BCUT2D eigenvalue weighted by Gasteiger charge is 2.01. The van der Waals surface area contributed by atoms with Crippen molar-refractivity contribution in [3.63, 3.8) is 0 Å². The number of hydrogen-bond donors (Lipinski definition) is 0. The van der Waals surface area contributed by atoms with Gasteiger partial charge in [-0.05, 0) is 6.42 Å². The first-order valence-corrected chi connectivity index (χ1v) is 4.76. The maximum Gasteiger partial charge on any atom is 0.236 e. The highest BCUT2D eigenvalue weighted by Crippen LogP contribution is 2.03. The van der Waals surface area contributed by atoms with Crippen LogP contribution >= 0.6 is 22.6 Å². The molecule has 4 heteroatoms. The molecule has 1 aromatic heterocycles. The first kappa shape index (κ1) is 7.97. The average Bonchev–Trinajstić information content (AvgIpc) is 2.37. The maximum absolute atomic E-state index is 4.90. The molecule has 0 aliphatic rings. The van der Waals surface area contributed by atoms with Gasteiger partial charge in [-0.3, -0.25) is 0 Å². The summed E-state index contributed by atoms with van der Waals surface area (Å²) in [5.74, 6) is 1.55. The summed E-state index contributed by atoms with van der Waals surface area (Å²) in [5, 5.41) is 3.79. The van der Waals surface area contributed by atoms with E-state index in [1.807, 2.05) is 0 Å². The molecule has 1 heterocycles. The molecule has 0 aliphatic heterocycles. The third-order valence-electron chi connectivity index (χ3n) is 1.10. The van der Waals surface area contributed by atoms with E-state index < -0.39 is 0 Å². The molecule has 1 rings (SSSR count). The molecular weight excluding hydrogens is 243 g/mol. The molecule has 10 heavy (non-hydrogen) atoms. The van der Waals surface area contributed by atoms with E-state index >= 15 is 0 Å². The standard InChI is InChI=1S/C6H9IN2O/c1-2-3-5-8-6(4-7)10-9-5/h2-4H2,1H3. The zero-order chi connectivity index (χ0) is 7.40. The molecule has 0 aliphatic carbocycles. The lowest BCUT2D eigenvalue weighted by Gasteiger charge is -1.82. The van der Waals surface area contributed by atoms with Crippen molar-refractivity contribution in [2.75, 3.05) is 0 Å². The molecular formula is C6H9IN2O. The van der Waals surface area contributed by atoms with Gasteiger partial charge in [-0.2, -0.15) is 4.98 Å². The van der Waals surface area contributed by atoms with Crippen molar-refractivity contribution >= 4 is 22.6 Å². The summed E-state index contributed by atoms with van der Waals surface area (Å²) in [7, 11) is 0. The molecule has 0 saturated carbocycles. The first-order valence-electron chi connectivity index (χ1n) is 3.24. The van der Waals surface area contributed by atoms with Crippen LogP contribution in [0, 0.1) is 0 Å². The van der Waals surface area contributed by atoms with Gasteiger partial charge in [0.15, 0.2) is 5.82 Å². The Balaban J connectivity index is 2.59. The minimum atomic E-state index is 0.726. The molecule has 56 valence electrons.